The standard InChI is InChI=1S/C25H24N4/c1-3-7-22(8-4-1)24-18-27-29-19-23(17-26-25(24)29)21-11-9-20(10-12-21)13-16-28-14-5-2-6-15-28/h1,3,7,9-12,17-19H,2,5-6,13-16H2. The zero-order valence-electron chi connectivity index (χ0n) is 16.5. The molecule has 4 heteroatoms. The summed E-state index contributed by atoms with van der Waals surface area (Å²) in [5.41, 5.74) is 6.40. The molecule has 0 unspecified atom stereocenters. The van der Waals surface area contributed by atoms with Crippen LogP contribution in [0.2, 0.25) is 0 Å². The molecule has 1 fully saturated rings. The van der Waals surface area contributed by atoms with E-state index >= 15 is 0 Å². The summed E-state index contributed by atoms with van der Waals surface area (Å²) in [6, 6.07) is 20.8. The molecule has 4 aromatic rings. The van der Waals surface area contributed by atoms with E-state index < -0.39 is 0 Å². The highest BCUT2D eigenvalue weighted by atomic mass is 15.2. The molecule has 29 heavy (non-hydrogen) atoms. The summed E-state index contributed by atoms with van der Waals surface area (Å²) in [4.78, 5) is 7.26. The number of rotatable bonds is 5. The van der Waals surface area contributed by atoms with Crippen LogP contribution in [-0.2, 0) is 6.42 Å². The Morgan fingerprint density at radius 1 is 0.931 bits per heavy atom. The fourth-order valence-corrected chi connectivity index (χ4v) is 4.06. The summed E-state index contributed by atoms with van der Waals surface area (Å²) in [6.07, 6.45) is 11.0. The summed E-state index contributed by atoms with van der Waals surface area (Å²) in [7, 11) is 0. The smallest absolute Gasteiger partial charge is 0.163 e. The van der Waals surface area contributed by atoms with E-state index in [0.717, 1.165) is 40.9 Å². The highest BCUT2D eigenvalue weighted by molar-refractivity contribution is 5.76. The van der Waals surface area contributed by atoms with Crippen LogP contribution in [0.5, 0.6) is 0 Å². The van der Waals surface area contributed by atoms with Gasteiger partial charge in [0.25, 0.3) is 0 Å². The van der Waals surface area contributed by atoms with Crippen molar-refractivity contribution in [2.75, 3.05) is 19.6 Å². The summed E-state index contributed by atoms with van der Waals surface area (Å²) >= 11 is 0. The second-order valence-corrected chi connectivity index (χ2v) is 7.73. The third-order valence-corrected chi connectivity index (χ3v) is 5.75. The first-order chi connectivity index (χ1) is 14.4. The fraction of sp³-hybridized carbons (Fsp3) is 0.280. The monoisotopic (exact) mass is 380 g/mol. The predicted molar refractivity (Wildman–Crippen MR) is 116 cm³/mol. The van der Waals surface area contributed by atoms with Crippen LogP contribution >= 0.6 is 0 Å². The lowest BCUT2D eigenvalue weighted by Crippen LogP contribution is -2.31. The minimum atomic E-state index is 0.836. The van der Waals surface area contributed by atoms with Gasteiger partial charge in [-0.1, -0.05) is 48.9 Å². The minimum Gasteiger partial charge on any atom is -0.303 e. The molecule has 0 amide bonds. The van der Waals surface area contributed by atoms with Crippen molar-refractivity contribution in [1.29, 1.82) is 0 Å². The van der Waals surface area contributed by atoms with Gasteiger partial charge < -0.3 is 4.90 Å². The average Bonchev–Trinajstić information content (AvgIpc) is 3.23. The van der Waals surface area contributed by atoms with Gasteiger partial charge >= 0.3 is 0 Å². The third-order valence-electron chi connectivity index (χ3n) is 5.75. The Morgan fingerprint density at radius 2 is 1.79 bits per heavy atom. The van der Waals surface area contributed by atoms with Crippen molar-refractivity contribution < 1.29 is 0 Å². The molecule has 5 rings (SSSR count). The number of aromatic nitrogens is 3. The lowest BCUT2D eigenvalue weighted by atomic mass is 10.0. The van der Waals surface area contributed by atoms with Crippen molar-refractivity contribution in [3.63, 3.8) is 0 Å². The van der Waals surface area contributed by atoms with E-state index in [2.05, 4.69) is 51.4 Å². The Balaban J connectivity index is 1.32. The van der Waals surface area contributed by atoms with Crippen molar-refractivity contribution >= 4 is 5.65 Å². The van der Waals surface area contributed by atoms with Crippen molar-refractivity contribution in [3.05, 3.63) is 78.8 Å². The molecular formula is C25H24N4. The molecule has 2 aromatic carbocycles. The lowest BCUT2D eigenvalue weighted by molar-refractivity contribution is 0.231. The van der Waals surface area contributed by atoms with Gasteiger partial charge in [0.1, 0.15) is 0 Å². The van der Waals surface area contributed by atoms with E-state index in [-0.39, 0.29) is 0 Å². The third kappa shape index (κ3) is 3.87. The Labute approximate surface area is 171 Å². The molecule has 0 spiro atoms. The first-order valence-corrected chi connectivity index (χ1v) is 10.4. The van der Waals surface area contributed by atoms with Gasteiger partial charge in [-0.05, 0) is 55.6 Å². The van der Waals surface area contributed by atoms with Crippen LogP contribution in [-0.4, -0.2) is 39.1 Å². The number of benzene rings is 1. The molecule has 0 saturated carbocycles. The van der Waals surface area contributed by atoms with Gasteiger partial charge in [0.05, 0.1) is 11.8 Å². The van der Waals surface area contributed by atoms with Crippen LogP contribution in [0.3, 0.4) is 0 Å². The number of likely N-dealkylation sites (tertiary alicyclic amines) is 1. The Kier molecular flexibility index (Phi) is 4.98. The van der Waals surface area contributed by atoms with Crippen molar-refractivity contribution in [3.8, 4) is 22.3 Å². The molecule has 3 heterocycles. The maximum atomic E-state index is 4.67. The highest BCUT2D eigenvalue weighted by Gasteiger charge is 2.11. The second-order valence-electron chi connectivity index (χ2n) is 7.73. The van der Waals surface area contributed by atoms with Crippen LogP contribution in [0, 0.1) is 12.1 Å². The Hall–Kier alpha value is -3.16. The number of piperidine rings is 1. The number of hydrogen-bond acceptors (Lipinski definition) is 3. The topological polar surface area (TPSA) is 33.4 Å². The van der Waals surface area contributed by atoms with Crippen LogP contribution in [0.15, 0.2) is 61.1 Å². The summed E-state index contributed by atoms with van der Waals surface area (Å²) < 4.78 is 1.84. The average molecular weight is 380 g/mol. The number of hydrogen-bond donors (Lipinski definition) is 0. The predicted octanol–water partition coefficient (Wildman–Crippen LogP) is 4.69. The molecule has 1 aliphatic rings. The lowest BCUT2D eigenvalue weighted by Gasteiger charge is -2.26. The highest BCUT2D eigenvalue weighted by Crippen LogP contribution is 2.24. The van der Waals surface area contributed by atoms with Crippen LogP contribution in [0.1, 0.15) is 24.8 Å². The van der Waals surface area contributed by atoms with E-state index in [0.29, 0.717) is 0 Å². The maximum absolute atomic E-state index is 4.67. The van der Waals surface area contributed by atoms with Gasteiger partial charge in [-0.3, -0.25) is 0 Å². The summed E-state index contributed by atoms with van der Waals surface area (Å²) in [5, 5.41) is 4.49. The van der Waals surface area contributed by atoms with Crippen LogP contribution in [0.25, 0.3) is 27.9 Å². The van der Waals surface area contributed by atoms with Gasteiger partial charge in [0, 0.05) is 30.1 Å². The number of nitrogens with zero attached hydrogens (tertiary/aromatic N) is 4. The second kappa shape index (κ2) is 8.06. The van der Waals surface area contributed by atoms with Gasteiger partial charge in [0.2, 0.25) is 0 Å². The first kappa shape index (κ1) is 17.9. The Bertz CT molecular complexity index is 1080. The molecule has 0 atom stereocenters. The first-order valence-electron chi connectivity index (χ1n) is 10.4. The van der Waals surface area contributed by atoms with Gasteiger partial charge in [-0.15, -0.1) is 0 Å². The molecule has 0 aliphatic carbocycles. The maximum Gasteiger partial charge on any atom is 0.163 e. The molecule has 0 bridgehead atoms. The fourth-order valence-electron chi connectivity index (χ4n) is 4.06. The minimum absolute atomic E-state index is 0.836. The van der Waals surface area contributed by atoms with Crippen molar-refractivity contribution in [2.45, 2.75) is 25.7 Å². The molecule has 4 nitrogen and oxygen atoms in total. The van der Waals surface area contributed by atoms with E-state index in [4.69, 9.17) is 0 Å². The largest absolute Gasteiger partial charge is 0.303 e. The quantitative estimate of drug-likeness (QED) is 0.503. The molecular weight excluding hydrogens is 356 g/mol. The zero-order valence-corrected chi connectivity index (χ0v) is 16.5. The van der Waals surface area contributed by atoms with Gasteiger partial charge in [0.15, 0.2) is 5.65 Å². The molecule has 0 radical (unpaired) electrons. The molecule has 1 aliphatic heterocycles. The van der Waals surface area contributed by atoms with Gasteiger partial charge in [-0.25, -0.2) is 9.50 Å². The van der Waals surface area contributed by atoms with Crippen LogP contribution in [0.4, 0.5) is 0 Å². The SMILES string of the molecule is c1cccc(-c2cnn3cc(-c4ccc(CCN5CCCCC5)cc4)cnc23)c#1. The summed E-state index contributed by atoms with van der Waals surface area (Å²) in [5.74, 6) is 0. The van der Waals surface area contributed by atoms with E-state index in [1.807, 2.05) is 41.3 Å². The zero-order chi connectivity index (χ0) is 19.5. The normalized spacial score (nSPS) is 14.8. The molecule has 2 aromatic heterocycles. The van der Waals surface area contributed by atoms with E-state index in [1.165, 1.54) is 37.9 Å². The molecule has 0 N–H and O–H groups in total. The molecule has 144 valence electrons. The number of fused-ring (bicyclic) bond motifs is 1. The van der Waals surface area contributed by atoms with Crippen LogP contribution < -0.4 is 0 Å². The van der Waals surface area contributed by atoms with Gasteiger partial charge in [-0.2, -0.15) is 5.10 Å². The molecule has 1 saturated heterocycles. The van der Waals surface area contributed by atoms with E-state index in [9.17, 15) is 0 Å². The van der Waals surface area contributed by atoms with Crippen molar-refractivity contribution in [1.82, 2.24) is 19.5 Å². The van der Waals surface area contributed by atoms with Crippen molar-refractivity contribution in [2.24, 2.45) is 0 Å². The summed E-state index contributed by atoms with van der Waals surface area (Å²) in [6.45, 7) is 3.68. The van der Waals surface area contributed by atoms with E-state index in [1.54, 1.807) is 0 Å². The Morgan fingerprint density at radius 3 is 2.59 bits per heavy atom.